The monoisotopic (exact) mass is 297 g/mol. The topological polar surface area (TPSA) is 35.2 Å². The first-order chi connectivity index (χ1) is 10.9. The van der Waals surface area contributed by atoms with E-state index in [1.807, 2.05) is 30.3 Å². The van der Waals surface area contributed by atoms with E-state index in [0.29, 0.717) is 5.92 Å². The van der Waals surface area contributed by atoms with Crippen LogP contribution in [0.1, 0.15) is 43.6 Å². The number of benzene rings is 2. The molecule has 0 amide bonds. The lowest BCUT2D eigenvalue weighted by molar-refractivity contribution is 0.304. The summed E-state index contributed by atoms with van der Waals surface area (Å²) in [7, 11) is 0. The molecule has 2 aromatic rings. The van der Waals surface area contributed by atoms with Gasteiger partial charge in [-0.05, 0) is 43.0 Å². The molecule has 118 valence electrons. The lowest BCUT2D eigenvalue weighted by atomic mass is 9.93. The van der Waals surface area contributed by atoms with Gasteiger partial charge in [0.1, 0.15) is 5.75 Å². The van der Waals surface area contributed by atoms with Gasteiger partial charge in [0.05, 0.1) is 6.61 Å². The molecular formula is C20H27NO. The Kier molecular flexibility index (Phi) is 7.54. The van der Waals surface area contributed by atoms with Crippen LogP contribution in [0.15, 0.2) is 60.7 Å². The summed E-state index contributed by atoms with van der Waals surface area (Å²) < 4.78 is 5.70. The summed E-state index contributed by atoms with van der Waals surface area (Å²) in [6, 6.07) is 20.7. The van der Waals surface area contributed by atoms with Crippen LogP contribution in [0, 0.1) is 0 Å². The zero-order valence-corrected chi connectivity index (χ0v) is 13.3. The summed E-state index contributed by atoms with van der Waals surface area (Å²) in [5, 5.41) is 0. The van der Waals surface area contributed by atoms with Crippen LogP contribution in [0.2, 0.25) is 0 Å². The SMILES string of the molecule is NC[C@@H](CCCCCCOc1ccccc1)c1ccccc1. The van der Waals surface area contributed by atoms with Crippen LogP contribution in [0.5, 0.6) is 5.75 Å². The average Bonchev–Trinajstić information content (AvgIpc) is 2.59. The van der Waals surface area contributed by atoms with E-state index in [0.717, 1.165) is 25.3 Å². The van der Waals surface area contributed by atoms with Crippen molar-refractivity contribution in [3.8, 4) is 5.75 Å². The van der Waals surface area contributed by atoms with Gasteiger partial charge >= 0.3 is 0 Å². The molecule has 0 fully saturated rings. The van der Waals surface area contributed by atoms with Crippen molar-refractivity contribution in [1.82, 2.24) is 0 Å². The van der Waals surface area contributed by atoms with Crippen molar-refractivity contribution in [2.75, 3.05) is 13.2 Å². The van der Waals surface area contributed by atoms with Gasteiger partial charge in [-0.3, -0.25) is 0 Å². The third-order valence-corrected chi connectivity index (χ3v) is 4.01. The molecule has 2 rings (SSSR count). The van der Waals surface area contributed by atoms with E-state index < -0.39 is 0 Å². The first-order valence-corrected chi connectivity index (χ1v) is 8.33. The number of nitrogens with two attached hydrogens (primary N) is 1. The quantitative estimate of drug-likeness (QED) is 0.642. The third-order valence-electron chi connectivity index (χ3n) is 4.01. The molecule has 0 aliphatic carbocycles. The van der Waals surface area contributed by atoms with Crippen LogP contribution in [-0.4, -0.2) is 13.2 Å². The number of ether oxygens (including phenoxy) is 1. The maximum atomic E-state index is 5.91. The Morgan fingerprint density at radius 1 is 0.773 bits per heavy atom. The van der Waals surface area contributed by atoms with E-state index >= 15 is 0 Å². The fourth-order valence-electron chi connectivity index (χ4n) is 2.70. The largest absolute Gasteiger partial charge is 0.494 e. The van der Waals surface area contributed by atoms with Gasteiger partial charge < -0.3 is 10.5 Å². The van der Waals surface area contributed by atoms with Crippen LogP contribution in [0.3, 0.4) is 0 Å². The molecule has 2 aromatic carbocycles. The Hall–Kier alpha value is -1.80. The second-order valence-corrected chi connectivity index (χ2v) is 5.71. The molecule has 0 heterocycles. The van der Waals surface area contributed by atoms with Crippen molar-refractivity contribution in [2.24, 2.45) is 5.73 Å². The van der Waals surface area contributed by atoms with Crippen molar-refractivity contribution >= 4 is 0 Å². The fraction of sp³-hybridized carbons (Fsp3) is 0.400. The van der Waals surface area contributed by atoms with E-state index in [2.05, 4.69) is 30.3 Å². The minimum absolute atomic E-state index is 0.502. The number of hydrogen-bond donors (Lipinski definition) is 1. The van der Waals surface area contributed by atoms with Crippen molar-refractivity contribution in [1.29, 1.82) is 0 Å². The van der Waals surface area contributed by atoms with Gasteiger partial charge in [0, 0.05) is 0 Å². The van der Waals surface area contributed by atoms with Crippen LogP contribution in [-0.2, 0) is 0 Å². The molecule has 0 aliphatic rings. The number of rotatable bonds is 10. The highest BCUT2D eigenvalue weighted by Crippen LogP contribution is 2.21. The molecule has 2 heteroatoms. The second-order valence-electron chi connectivity index (χ2n) is 5.71. The summed E-state index contributed by atoms with van der Waals surface area (Å²) in [5.41, 5.74) is 7.28. The summed E-state index contributed by atoms with van der Waals surface area (Å²) in [5.74, 6) is 1.47. The predicted octanol–water partition coefficient (Wildman–Crippen LogP) is 4.76. The lowest BCUT2D eigenvalue weighted by Gasteiger charge is -2.15. The molecule has 0 unspecified atom stereocenters. The lowest BCUT2D eigenvalue weighted by Crippen LogP contribution is -2.12. The molecule has 0 radical (unpaired) electrons. The maximum absolute atomic E-state index is 5.91. The fourth-order valence-corrected chi connectivity index (χ4v) is 2.70. The molecule has 0 bridgehead atoms. The first kappa shape index (κ1) is 16.6. The molecule has 2 N–H and O–H groups in total. The van der Waals surface area contributed by atoms with Crippen molar-refractivity contribution in [2.45, 2.75) is 38.0 Å². The van der Waals surface area contributed by atoms with E-state index in [1.165, 1.54) is 31.2 Å². The first-order valence-electron chi connectivity index (χ1n) is 8.33. The van der Waals surface area contributed by atoms with E-state index in [4.69, 9.17) is 10.5 Å². The van der Waals surface area contributed by atoms with Gasteiger partial charge in [0.25, 0.3) is 0 Å². The maximum Gasteiger partial charge on any atom is 0.119 e. The van der Waals surface area contributed by atoms with Gasteiger partial charge in [-0.2, -0.15) is 0 Å². The smallest absolute Gasteiger partial charge is 0.119 e. The van der Waals surface area contributed by atoms with Crippen LogP contribution < -0.4 is 10.5 Å². The van der Waals surface area contributed by atoms with Crippen LogP contribution in [0.4, 0.5) is 0 Å². The molecule has 0 spiro atoms. The van der Waals surface area contributed by atoms with Gasteiger partial charge in [-0.15, -0.1) is 0 Å². The molecule has 0 saturated heterocycles. The summed E-state index contributed by atoms with van der Waals surface area (Å²) in [6.45, 7) is 1.55. The normalized spacial score (nSPS) is 12.0. The van der Waals surface area contributed by atoms with Crippen molar-refractivity contribution in [3.05, 3.63) is 66.2 Å². The summed E-state index contributed by atoms with van der Waals surface area (Å²) in [6.07, 6.45) is 6.01. The van der Waals surface area contributed by atoms with E-state index in [9.17, 15) is 0 Å². The minimum Gasteiger partial charge on any atom is -0.494 e. The molecule has 0 aromatic heterocycles. The van der Waals surface area contributed by atoms with Gasteiger partial charge in [0.15, 0.2) is 0 Å². The highest BCUT2D eigenvalue weighted by molar-refractivity contribution is 5.21. The zero-order valence-electron chi connectivity index (χ0n) is 13.3. The van der Waals surface area contributed by atoms with Gasteiger partial charge in [-0.25, -0.2) is 0 Å². The van der Waals surface area contributed by atoms with E-state index in [-0.39, 0.29) is 0 Å². The predicted molar refractivity (Wildman–Crippen MR) is 93.3 cm³/mol. The molecule has 22 heavy (non-hydrogen) atoms. The third kappa shape index (κ3) is 5.90. The molecule has 1 atom stereocenters. The Bertz CT molecular complexity index is 498. The van der Waals surface area contributed by atoms with Crippen molar-refractivity contribution in [3.63, 3.8) is 0 Å². The Morgan fingerprint density at radius 3 is 2.09 bits per heavy atom. The van der Waals surface area contributed by atoms with Gasteiger partial charge in [0.2, 0.25) is 0 Å². The zero-order chi connectivity index (χ0) is 15.5. The van der Waals surface area contributed by atoms with Crippen LogP contribution in [0.25, 0.3) is 0 Å². The summed E-state index contributed by atoms with van der Waals surface area (Å²) in [4.78, 5) is 0. The highest BCUT2D eigenvalue weighted by Gasteiger charge is 2.08. The standard InChI is InChI=1S/C20H27NO/c21-17-19(18-11-6-3-7-12-18)13-5-1-2-10-16-22-20-14-8-4-9-15-20/h3-4,6-9,11-12,14-15,19H,1-2,5,10,13,16-17,21H2/t19-/m1/s1. The number of unbranched alkanes of at least 4 members (excludes halogenated alkanes) is 3. The molecule has 0 saturated carbocycles. The molecule has 0 aliphatic heterocycles. The number of hydrogen-bond acceptors (Lipinski definition) is 2. The summed E-state index contributed by atoms with van der Waals surface area (Å²) >= 11 is 0. The van der Waals surface area contributed by atoms with E-state index in [1.54, 1.807) is 0 Å². The second kappa shape index (κ2) is 10.0. The molecular weight excluding hydrogens is 270 g/mol. The van der Waals surface area contributed by atoms with Crippen LogP contribution >= 0.6 is 0 Å². The Morgan fingerprint density at radius 2 is 1.41 bits per heavy atom. The van der Waals surface area contributed by atoms with Crippen molar-refractivity contribution < 1.29 is 4.74 Å². The Balaban J connectivity index is 1.55. The average molecular weight is 297 g/mol. The Labute approximate surface area is 134 Å². The highest BCUT2D eigenvalue weighted by atomic mass is 16.5. The molecule has 2 nitrogen and oxygen atoms in total. The number of para-hydroxylation sites is 1. The minimum atomic E-state index is 0.502. The van der Waals surface area contributed by atoms with Gasteiger partial charge in [-0.1, -0.05) is 67.8 Å².